The third-order valence-electron chi connectivity index (χ3n) is 7.20. The van der Waals surface area contributed by atoms with Crippen LogP contribution in [0.1, 0.15) is 81.1 Å². The minimum atomic E-state index is -3.32. The molecule has 1 N–H and O–H groups in total. The first-order valence-electron chi connectivity index (χ1n) is 11.0. The van der Waals surface area contributed by atoms with E-state index in [0.717, 1.165) is 18.9 Å². The summed E-state index contributed by atoms with van der Waals surface area (Å²) in [4.78, 5) is 12.9. The average molecular weight is 405 g/mol. The molecule has 0 aliphatic heterocycles. The van der Waals surface area contributed by atoms with Gasteiger partial charge in [-0.05, 0) is 61.8 Å². The molecule has 160 valence electrons. The summed E-state index contributed by atoms with van der Waals surface area (Å²) in [5.74, 6) is -0.675. The highest BCUT2D eigenvalue weighted by atomic mass is 19.3. The summed E-state index contributed by atoms with van der Waals surface area (Å²) < 4.78 is 28.5. The van der Waals surface area contributed by atoms with Crippen LogP contribution < -0.4 is 0 Å². The van der Waals surface area contributed by atoms with Crippen molar-refractivity contribution in [2.75, 3.05) is 0 Å². The number of carbonyl (C=O) groups is 1. The lowest BCUT2D eigenvalue weighted by molar-refractivity contribution is -0.175. The van der Waals surface area contributed by atoms with Crippen LogP contribution in [0.3, 0.4) is 0 Å². The number of hydrogen-bond donors (Lipinski definition) is 1. The fraction of sp³-hybridized carbons (Fsp3) is 0.640. The zero-order chi connectivity index (χ0) is 21.2. The number of carbonyl (C=O) groups excluding carboxylic acids is 1. The van der Waals surface area contributed by atoms with Gasteiger partial charge in [0.2, 0.25) is 0 Å². The van der Waals surface area contributed by atoms with Gasteiger partial charge in [0.15, 0.2) is 11.4 Å². The molecule has 0 heterocycles. The third kappa shape index (κ3) is 4.96. The first-order chi connectivity index (χ1) is 13.7. The molecule has 0 amide bonds. The standard InChI is InChI=1S/C25H34F2O2/c1-4-15-25(26,27)24(3,29)21-13-11-20(12-14-21)23(28)16-22(19-9-10-19)18-7-5-17(2)6-8-18/h4,11-14,17-19,22,29H,1,5-10,15-16H2,2-3H3/t17?,18?,22?,24-/m0/s1. The summed E-state index contributed by atoms with van der Waals surface area (Å²) in [5.41, 5.74) is -1.65. The normalized spacial score (nSPS) is 25.8. The van der Waals surface area contributed by atoms with Crippen molar-refractivity contribution in [2.45, 2.75) is 76.7 Å². The Labute approximate surface area is 173 Å². The topological polar surface area (TPSA) is 37.3 Å². The SMILES string of the molecule is C=CCC(F)(F)[C@@](C)(O)c1ccc(C(=O)CC(C2CCC(C)CC2)C2CC2)cc1. The Hall–Kier alpha value is -1.55. The lowest BCUT2D eigenvalue weighted by Crippen LogP contribution is -2.42. The number of ketones is 1. The minimum absolute atomic E-state index is 0.0876. The molecule has 2 atom stereocenters. The lowest BCUT2D eigenvalue weighted by Gasteiger charge is -2.33. The highest BCUT2D eigenvalue weighted by molar-refractivity contribution is 5.96. The molecule has 2 aliphatic rings. The Balaban J connectivity index is 1.69. The van der Waals surface area contributed by atoms with Crippen LogP contribution >= 0.6 is 0 Å². The zero-order valence-corrected chi connectivity index (χ0v) is 17.7. The first-order valence-corrected chi connectivity index (χ1v) is 11.0. The number of Topliss-reactive ketones (excluding diaryl/α,β-unsaturated/α-hetero) is 1. The second kappa shape index (κ2) is 8.67. The number of benzene rings is 1. The molecule has 2 aliphatic carbocycles. The molecule has 0 saturated heterocycles. The molecule has 0 bridgehead atoms. The van der Waals surface area contributed by atoms with Crippen molar-refractivity contribution in [3.63, 3.8) is 0 Å². The smallest absolute Gasteiger partial charge is 0.283 e. The molecule has 0 radical (unpaired) electrons. The van der Waals surface area contributed by atoms with Crippen molar-refractivity contribution in [3.05, 3.63) is 48.0 Å². The molecular formula is C25H34F2O2. The van der Waals surface area contributed by atoms with Gasteiger partial charge in [0.05, 0.1) is 0 Å². The second-order valence-corrected chi connectivity index (χ2v) is 9.50. The highest BCUT2D eigenvalue weighted by Crippen LogP contribution is 2.47. The number of rotatable bonds is 9. The van der Waals surface area contributed by atoms with Crippen molar-refractivity contribution < 1.29 is 18.7 Å². The molecule has 29 heavy (non-hydrogen) atoms. The number of hydrogen-bond acceptors (Lipinski definition) is 2. The van der Waals surface area contributed by atoms with Gasteiger partial charge in [-0.25, -0.2) is 8.78 Å². The van der Waals surface area contributed by atoms with E-state index in [2.05, 4.69) is 13.5 Å². The van der Waals surface area contributed by atoms with Gasteiger partial charge in [0.25, 0.3) is 5.92 Å². The van der Waals surface area contributed by atoms with Crippen molar-refractivity contribution in [1.29, 1.82) is 0 Å². The van der Waals surface area contributed by atoms with E-state index in [9.17, 15) is 18.7 Å². The monoisotopic (exact) mass is 404 g/mol. The van der Waals surface area contributed by atoms with Crippen molar-refractivity contribution in [3.8, 4) is 0 Å². The van der Waals surface area contributed by atoms with Crippen LogP contribution in [0.5, 0.6) is 0 Å². The number of halogens is 2. The molecule has 4 heteroatoms. The summed E-state index contributed by atoms with van der Waals surface area (Å²) in [6.07, 6.45) is 8.45. The quantitative estimate of drug-likeness (QED) is 0.375. The van der Waals surface area contributed by atoms with E-state index in [1.807, 2.05) is 0 Å². The van der Waals surface area contributed by atoms with E-state index in [-0.39, 0.29) is 11.3 Å². The van der Waals surface area contributed by atoms with E-state index >= 15 is 0 Å². The van der Waals surface area contributed by atoms with E-state index in [4.69, 9.17) is 0 Å². The molecule has 0 spiro atoms. The molecule has 2 nitrogen and oxygen atoms in total. The van der Waals surface area contributed by atoms with Crippen molar-refractivity contribution in [1.82, 2.24) is 0 Å². The van der Waals surface area contributed by atoms with E-state index in [1.54, 1.807) is 12.1 Å². The van der Waals surface area contributed by atoms with E-state index in [1.165, 1.54) is 50.7 Å². The van der Waals surface area contributed by atoms with Crippen molar-refractivity contribution in [2.24, 2.45) is 23.7 Å². The largest absolute Gasteiger partial charge is 0.379 e. The Bertz CT molecular complexity index is 711. The third-order valence-corrected chi connectivity index (χ3v) is 7.20. The molecule has 2 fully saturated rings. The molecule has 1 aromatic rings. The number of aliphatic hydroxyl groups is 1. The predicted octanol–water partition coefficient (Wildman–Crippen LogP) is 6.53. The van der Waals surface area contributed by atoms with Crippen LogP contribution in [-0.2, 0) is 5.60 Å². The molecule has 1 unspecified atom stereocenters. The Morgan fingerprint density at radius 1 is 1.14 bits per heavy atom. The minimum Gasteiger partial charge on any atom is -0.379 e. The summed E-state index contributed by atoms with van der Waals surface area (Å²) >= 11 is 0. The maximum absolute atomic E-state index is 14.3. The molecule has 2 saturated carbocycles. The number of alkyl halides is 2. The van der Waals surface area contributed by atoms with E-state index < -0.39 is 17.9 Å². The van der Waals surface area contributed by atoms with Gasteiger partial charge in [0, 0.05) is 18.4 Å². The zero-order valence-electron chi connectivity index (χ0n) is 17.7. The average Bonchev–Trinajstić information content (AvgIpc) is 3.52. The summed E-state index contributed by atoms with van der Waals surface area (Å²) in [6.45, 7) is 6.76. The lowest BCUT2D eigenvalue weighted by atomic mass is 9.72. The van der Waals surface area contributed by atoms with Crippen LogP contribution in [-0.4, -0.2) is 16.8 Å². The molecular weight excluding hydrogens is 370 g/mol. The van der Waals surface area contributed by atoms with Gasteiger partial charge >= 0.3 is 0 Å². The van der Waals surface area contributed by atoms with Crippen LogP contribution in [0.15, 0.2) is 36.9 Å². The summed E-state index contributed by atoms with van der Waals surface area (Å²) in [6, 6.07) is 6.09. The van der Waals surface area contributed by atoms with Gasteiger partial charge < -0.3 is 5.11 Å². The molecule has 1 aromatic carbocycles. The van der Waals surface area contributed by atoms with Crippen molar-refractivity contribution >= 4 is 5.78 Å². The van der Waals surface area contributed by atoms with Crippen LogP contribution in [0.4, 0.5) is 8.78 Å². The Morgan fingerprint density at radius 2 is 1.66 bits per heavy atom. The van der Waals surface area contributed by atoms with E-state index in [0.29, 0.717) is 29.7 Å². The maximum atomic E-state index is 14.3. The van der Waals surface area contributed by atoms with Gasteiger partial charge in [-0.1, -0.05) is 50.1 Å². The highest BCUT2D eigenvalue weighted by Gasteiger charge is 2.49. The number of allylic oxidation sites excluding steroid dienone is 1. The van der Waals surface area contributed by atoms with Crippen LogP contribution in [0.2, 0.25) is 0 Å². The van der Waals surface area contributed by atoms with Gasteiger partial charge in [0.1, 0.15) is 0 Å². The van der Waals surface area contributed by atoms with Crippen LogP contribution in [0, 0.1) is 23.7 Å². The Morgan fingerprint density at radius 3 is 2.14 bits per heavy atom. The Kier molecular flexibility index (Phi) is 6.62. The summed E-state index contributed by atoms with van der Waals surface area (Å²) in [7, 11) is 0. The fourth-order valence-corrected chi connectivity index (χ4v) is 4.86. The van der Waals surface area contributed by atoms with Gasteiger partial charge in [-0.15, -0.1) is 6.58 Å². The maximum Gasteiger partial charge on any atom is 0.283 e. The van der Waals surface area contributed by atoms with Crippen LogP contribution in [0.25, 0.3) is 0 Å². The fourth-order valence-electron chi connectivity index (χ4n) is 4.86. The molecule has 0 aromatic heterocycles. The van der Waals surface area contributed by atoms with Gasteiger partial charge in [-0.3, -0.25) is 4.79 Å². The predicted molar refractivity (Wildman–Crippen MR) is 112 cm³/mol. The van der Waals surface area contributed by atoms with Gasteiger partial charge in [-0.2, -0.15) is 0 Å². The first kappa shape index (κ1) is 22.1. The summed E-state index contributed by atoms with van der Waals surface area (Å²) in [5, 5.41) is 10.4. The molecule has 3 rings (SSSR count). The second-order valence-electron chi connectivity index (χ2n) is 9.50.